The summed E-state index contributed by atoms with van der Waals surface area (Å²) in [4.78, 5) is 25.2. The maximum absolute atomic E-state index is 13.2. The van der Waals surface area contributed by atoms with Crippen molar-refractivity contribution >= 4 is 44.3 Å². The molecule has 0 spiro atoms. The highest BCUT2D eigenvalue weighted by Crippen LogP contribution is 2.49. The molecule has 0 amide bonds. The minimum absolute atomic E-state index is 0.152. The van der Waals surface area contributed by atoms with Crippen molar-refractivity contribution in [2.45, 2.75) is 25.7 Å². The van der Waals surface area contributed by atoms with Gasteiger partial charge in [-0.3, -0.25) is 4.79 Å². The van der Waals surface area contributed by atoms with Gasteiger partial charge in [-0.25, -0.2) is 4.79 Å². The summed E-state index contributed by atoms with van der Waals surface area (Å²) in [5, 5.41) is 4.32. The minimum Gasteiger partial charge on any atom is -0.463 e. The number of fused-ring (bicyclic) bond motifs is 3. The van der Waals surface area contributed by atoms with E-state index in [1.54, 1.807) is 6.07 Å². The summed E-state index contributed by atoms with van der Waals surface area (Å²) < 4.78 is 11.6. The number of furan rings is 1. The van der Waals surface area contributed by atoms with Crippen LogP contribution in [0, 0.1) is 5.92 Å². The number of carbonyl (C=O) groups excluding carboxylic acids is 2. The molecule has 0 saturated heterocycles. The summed E-state index contributed by atoms with van der Waals surface area (Å²) in [6.07, 6.45) is 1.38. The number of allylic oxidation sites excluding steroid dienone is 2. The highest BCUT2D eigenvalue weighted by molar-refractivity contribution is 9.10. The van der Waals surface area contributed by atoms with Gasteiger partial charge in [-0.05, 0) is 53.8 Å². The zero-order valence-corrected chi connectivity index (χ0v) is 18.2. The fraction of sp³-hybridized carbons (Fsp3) is 0.250. The lowest BCUT2D eigenvalue weighted by Gasteiger charge is -2.36. The molecular formula is C24H20BrNO4. The Balaban J connectivity index is 1.78. The third kappa shape index (κ3) is 2.98. The number of anilines is 1. The fourth-order valence-electron chi connectivity index (χ4n) is 4.63. The number of hydrogen-bond donors (Lipinski definition) is 1. The molecular weight excluding hydrogens is 446 g/mol. The molecule has 2 unspecified atom stereocenters. The molecule has 0 fully saturated rings. The average molecular weight is 466 g/mol. The van der Waals surface area contributed by atoms with Crippen molar-refractivity contribution in [1.82, 2.24) is 0 Å². The zero-order chi connectivity index (χ0) is 21.0. The number of benzene rings is 2. The molecule has 5 nitrogen and oxygen atoms in total. The van der Waals surface area contributed by atoms with E-state index in [1.807, 2.05) is 36.4 Å². The van der Waals surface area contributed by atoms with Crippen molar-refractivity contribution in [2.75, 3.05) is 12.4 Å². The Bertz CT molecular complexity index is 1220. The predicted octanol–water partition coefficient (Wildman–Crippen LogP) is 5.79. The van der Waals surface area contributed by atoms with Gasteiger partial charge in [0, 0.05) is 39.2 Å². The van der Waals surface area contributed by atoms with Crippen molar-refractivity contribution in [2.24, 2.45) is 5.92 Å². The number of nitrogens with one attached hydrogen (secondary N) is 1. The van der Waals surface area contributed by atoms with Gasteiger partial charge in [-0.2, -0.15) is 0 Å². The smallest absolute Gasteiger partial charge is 0.373 e. The monoisotopic (exact) mass is 465 g/mol. The summed E-state index contributed by atoms with van der Waals surface area (Å²) in [7, 11) is 1.33. The number of Topliss-reactive ketones (excluding diaryl/α,β-unsaturated/α-hetero) is 1. The Kier molecular flexibility index (Phi) is 4.54. The van der Waals surface area contributed by atoms with Crippen LogP contribution in [-0.4, -0.2) is 18.9 Å². The van der Waals surface area contributed by atoms with E-state index in [0.717, 1.165) is 44.4 Å². The summed E-state index contributed by atoms with van der Waals surface area (Å²) >= 11 is 3.50. The molecule has 1 N–H and O–H groups in total. The second-order valence-corrected chi connectivity index (χ2v) is 8.89. The normalized spacial score (nSPS) is 20.6. The second-order valence-electron chi connectivity index (χ2n) is 7.98. The van der Waals surface area contributed by atoms with Crippen LogP contribution in [-0.2, 0) is 9.53 Å². The molecule has 1 aliphatic heterocycles. The first-order valence-corrected chi connectivity index (χ1v) is 10.7. The third-order valence-corrected chi connectivity index (χ3v) is 6.44. The van der Waals surface area contributed by atoms with E-state index in [4.69, 9.17) is 9.15 Å². The molecule has 152 valence electrons. The Labute approximate surface area is 182 Å². The first kappa shape index (κ1) is 19.1. The second kappa shape index (κ2) is 7.13. The molecule has 30 heavy (non-hydrogen) atoms. The molecule has 0 bridgehead atoms. The molecule has 2 heterocycles. The highest BCUT2D eigenvalue weighted by atomic mass is 79.9. The predicted molar refractivity (Wildman–Crippen MR) is 118 cm³/mol. The third-order valence-electron chi connectivity index (χ3n) is 5.91. The quantitative estimate of drug-likeness (QED) is 0.484. The zero-order valence-electron chi connectivity index (χ0n) is 16.6. The lowest BCUT2D eigenvalue weighted by Crippen LogP contribution is -2.29. The first-order chi connectivity index (χ1) is 14.5. The van der Waals surface area contributed by atoms with E-state index in [1.165, 1.54) is 7.11 Å². The lowest BCUT2D eigenvalue weighted by molar-refractivity contribution is -0.117. The number of halogens is 1. The number of ether oxygens (including phenoxy) is 1. The van der Waals surface area contributed by atoms with E-state index in [0.29, 0.717) is 17.9 Å². The first-order valence-electron chi connectivity index (χ1n) is 9.89. The van der Waals surface area contributed by atoms with Gasteiger partial charge in [0.1, 0.15) is 5.58 Å². The van der Waals surface area contributed by atoms with Crippen molar-refractivity contribution in [3.05, 3.63) is 75.1 Å². The molecule has 1 aromatic heterocycles. The number of methoxy groups -OCH3 is 1. The number of esters is 1. The van der Waals surface area contributed by atoms with Crippen molar-refractivity contribution in [1.29, 1.82) is 0 Å². The van der Waals surface area contributed by atoms with Gasteiger partial charge in [0.15, 0.2) is 5.78 Å². The van der Waals surface area contributed by atoms with Gasteiger partial charge in [-0.15, -0.1) is 0 Å². The van der Waals surface area contributed by atoms with Crippen molar-refractivity contribution in [3.63, 3.8) is 0 Å². The standard InChI is InChI=1S/C24H20BrNO4/c1-12-9-17-23(18(27)10-12)21(13-3-5-14(25)6-4-13)22-15-11-20(24(28)29-2)30-19(15)8-7-16(22)26-17/h3-8,11-12,21,26H,9-10H2,1-2H3. The van der Waals surface area contributed by atoms with Gasteiger partial charge in [0.2, 0.25) is 5.76 Å². The lowest BCUT2D eigenvalue weighted by atomic mass is 9.73. The van der Waals surface area contributed by atoms with E-state index in [-0.39, 0.29) is 17.5 Å². The number of rotatable bonds is 2. The molecule has 5 rings (SSSR count). The molecule has 6 heteroatoms. The molecule has 3 aromatic rings. The largest absolute Gasteiger partial charge is 0.463 e. The Morgan fingerprint density at radius 1 is 1.17 bits per heavy atom. The van der Waals surface area contributed by atoms with Crippen LogP contribution < -0.4 is 5.32 Å². The van der Waals surface area contributed by atoms with Crippen LogP contribution in [0.15, 0.2) is 62.6 Å². The summed E-state index contributed by atoms with van der Waals surface area (Å²) in [5.41, 5.74) is 5.33. The van der Waals surface area contributed by atoms with Crippen LogP contribution in [0.1, 0.15) is 47.4 Å². The van der Waals surface area contributed by atoms with Crippen LogP contribution in [0.3, 0.4) is 0 Å². The summed E-state index contributed by atoms with van der Waals surface area (Å²) in [6, 6.07) is 13.6. The highest BCUT2D eigenvalue weighted by Gasteiger charge is 2.38. The maximum Gasteiger partial charge on any atom is 0.373 e. The van der Waals surface area contributed by atoms with Gasteiger partial charge in [-0.1, -0.05) is 35.0 Å². The fourth-order valence-corrected chi connectivity index (χ4v) is 4.89. The van der Waals surface area contributed by atoms with E-state index in [9.17, 15) is 9.59 Å². The van der Waals surface area contributed by atoms with E-state index >= 15 is 0 Å². The summed E-state index contributed by atoms with van der Waals surface area (Å²) in [5.74, 6) is -0.121. The number of hydrogen-bond acceptors (Lipinski definition) is 5. The molecule has 2 aromatic carbocycles. The SMILES string of the molecule is COC(=O)c1cc2c3c(ccc2o1)NC1=C(C(=O)CC(C)C1)C3c1ccc(Br)cc1. The van der Waals surface area contributed by atoms with Gasteiger partial charge < -0.3 is 14.5 Å². The van der Waals surface area contributed by atoms with Crippen molar-refractivity contribution in [3.8, 4) is 0 Å². The number of ketones is 1. The summed E-state index contributed by atoms with van der Waals surface area (Å²) in [6.45, 7) is 2.11. The Morgan fingerprint density at radius 2 is 1.93 bits per heavy atom. The van der Waals surface area contributed by atoms with Crippen molar-refractivity contribution < 1.29 is 18.7 Å². The van der Waals surface area contributed by atoms with Gasteiger partial charge in [0.05, 0.1) is 7.11 Å². The molecule has 1 aliphatic carbocycles. The van der Waals surface area contributed by atoms with Crippen LogP contribution in [0.5, 0.6) is 0 Å². The van der Waals surface area contributed by atoms with E-state index < -0.39 is 5.97 Å². The van der Waals surface area contributed by atoms with Crippen LogP contribution in [0.4, 0.5) is 5.69 Å². The van der Waals surface area contributed by atoms with E-state index in [2.05, 4.69) is 28.2 Å². The number of carbonyl (C=O) groups is 2. The van der Waals surface area contributed by atoms with Crippen LogP contribution >= 0.6 is 15.9 Å². The van der Waals surface area contributed by atoms with Crippen LogP contribution in [0.2, 0.25) is 0 Å². The molecule has 0 saturated carbocycles. The molecule has 2 aliphatic rings. The minimum atomic E-state index is -0.522. The van der Waals surface area contributed by atoms with Crippen LogP contribution in [0.25, 0.3) is 11.0 Å². The topological polar surface area (TPSA) is 68.5 Å². The Morgan fingerprint density at radius 3 is 2.67 bits per heavy atom. The average Bonchev–Trinajstić information content (AvgIpc) is 3.16. The Hall–Kier alpha value is -2.86. The van der Waals surface area contributed by atoms with Gasteiger partial charge in [0.25, 0.3) is 0 Å². The maximum atomic E-state index is 13.2. The molecule has 0 radical (unpaired) electrons. The molecule has 2 atom stereocenters. The van der Waals surface area contributed by atoms with Gasteiger partial charge >= 0.3 is 5.97 Å².